The third-order valence-corrected chi connectivity index (χ3v) is 6.19. The van der Waals surface area contributed by atoms with Gasteiger partial charge in [-0.25, -0.2) is 4.99 Å². The van der Waals surface area contributed by atoms with E-state index in [1.165, 1.54) is 11.8 Å². The summed E-state index contributed by atoms with van der Waals surface area (Å²) in [7, 11) is 1.93. The van der Waals surface area contributed by atoms with Crippen molar-refractivity contribution in [2.24, 2.45) is 4.99 Å². The van der Waals surface area contributed by atoms with Crippen LogP contribution >= 0.6 is 11.8 Å². The summed E-state index contributed by atoms with van der Waals surface area (Å²) in [4.78, 5) is 18.9. The summed E-state index contributed by atoms with van der Waals surface area (Å²) in [5.74, 6) is -0.844. The van der Waals surface area contributed by atoms with Crippen molar-refractivity contribution < 1.29 is 9.90 Å². The zero-order valence-corrected chi connectivity index (χ0v) is 18.1. The lowest BCUT2D eigenvalue weighted by Crippen LogP contribution is -2.29. The van der Waals surface area contributed by atoms with E-state index in [0.717, 1.165) is 34.1 Å². The van der Waals surface area contributed by atoms with Gasteiger partial charge in [0.15, 0.2) is 5.17 Å². The monoisotopic (exact) mass is 418 g/mol. The molecule has 0 fully saturated rings. The number of thioether (sulfide) groups is 1. The highest BCUT2D eigenvalue weighted by Crippen LogP contribution is 2.30. The van der Waals surface area contributed by atoms with Gasteiger partial charge in [-0.2, -0.15) is 0 Å². The van der Waals surface area contributed by atoms with Crippen LogP contribution in [0, 0.1) is 0 Å². The van der Waals surface area contributed by atoms with E-state index in [9.17, 15) is 9.90 Å². The molecule has 1 atom stereocenters. The second kappa shape index (κ2) is 10.1. The Bertz CT molecular complexity index is 1060. The van der Waals surface area contributed by atoms with E-state index in [-0.39, 0.29) is 0 Å². The topological polar surface area (TPSA) is 52.9 Å². The molecule has 0 bridgehead atoms. The van der Waals surface area contributed by atoms with Crippen molar-refractivity contribution in [3.63, 3.8) is 0 Å². The van der Waals surface area contributed by atoms with Gasteiger partial charge in [-0.3, -0.25) is 4.79 Å². The average molecular weight is 419 g/mol. The molecular formula is C25H26N2O2S. The van der Waals surface area contributed by atoms with Crippen molar-refractivity contribution in [1.82, 2.24) is 4.90 Å². The minimum Gasteiger partial charge on any atom is -0.480 e. The number of rotatable bonds is 7. The minimum atomic E-state index is -0.844. The lowest BCUT2D eigenvalue weighted by atomic mass is 10.1. The predicted octanol–water partition coefficient (Wildman–Crippen LogP) is 5.85. The average Bonchev–Trinajstić information content (AvgIpc) is 2.77. The number of aliphatic imine (C=N–C) groups is 1. The van der Waals surface area contributed by atoms with Crippen molar-refractivity contribution in [2.45, 2.75) is 18.6 Å². The van der Waals surface area contributed by atoms with E-state index in [1.807, 2.05) is 73.5 Å². The largest absolute Gasteiger partial charge is 0.480 e. The molecule has 154 valence electrons. The molecule has 0 radical (unpaired) electrons. The maximum Gasteiger partial charge on any atom is 0.317 e. The van der Waals surface area contributed by atoms with Gasteiger partial charge < -0.3 is 10.0 Å². The summed E-state index contributed by atoms with van der Waals surface area (Å²) in [5.41, 5.74) is 2.70. The third-order valence-electron chi connectivity index (χ3n) is 4.92. The van der Waals surface area contributed by atoms with Gasteiger partial charge in [-0.15, -0.1) is 0 Å². The number of carbonyl (C=O) groups is 1. The van der Waals surface area contributed by atoms with Gasteiger partial charge in [-0.05, 0) is 41.8 Å². The SMILES string of the molecule is C=Cc1cc2ccccc2cc1N=C(SC(Cc1ccccc1)C(=O)O)N(C)CC. The predicted molar refractivity (Wildman–Crippen MR) is 129 cm³/mol. The summed E-state index contributed by atoms with van der Waals surface area (Å²) in [6.07, 6.45) is 2.22. The Kier molecular flexibility index (Phi) is 7.31. The molecule has 3 rings (SSSR count). The molecule has 5 heteroatoms. The van der Waals surface area contributed by atoms with Gasteiger partial charge in [0, 0.05) is 19.2 Å². The molecular weight excluding hydrogens is 392 g/mol. The maximum atomic E-state index is 12.0. The van der Waals surface area contributed by atoms with Crippen LogP contribution in [0.3, 0.4) is 0 Å². The van der Waals surface area contributed by atoms with E-state index in [4.69, 9.17) is 4.99 Å². The number of hydrogen-bond donors (Lipinski definition) is 1. The lowest BCUT2D eigenvalue weighted by molar-refractivity contribution is -0.136. The standard InChI is InChI=1S/C25H26N2O2S/c1-4-19-16-20-13-9-10-14-21(20)17-22(19)26-25(27(3)5-2)30-23(24(28)29)15-18-11-7-6-8-12-18/h4,6-14,16-17,23H,1,5,15H2,2-3H3,(H,28,29). The fraction of sp³-hybridized carbons (Fsp3) is 0.200. The Balaban J connectivity index is 1.99. The lowest BCUT2D eigenvalue weighted by Gasteiger charge is -2.22. The molecule has 1 N–H and O–H groups in total. The number of fused-ring (bicyclic) bond motifs is 1. The van der Waals surface area contributed by atoms with Gasteiger partial charge in [0.25, 0.3) is 0 Å². The van der Waals surface area contributed by atoms with E-state index >= 15 is 0 Å². The smallest absolute Gasteiger partial charge is 0.317 e. The van der Waals surface area contributed by atoms with Crippen LogP contribution in [0.2, 0.25) is 0 Å². The molecule has 0 heterocycles. The Morgan fingerprint density at radius 3 is 2.37 bits per heavy atom. The zero-order chi connectivity index (χ0) is 21.5. The van der Waals surface area contributed by atoms with Crippen LogP contribution in [0.15, 0.2) is 78.3 Å². The van der Waals surface area contributed by atoms with Crippen LogP contribution in [0.1, 0.15) is 18.1 Å². The maximum absolute atomic E-state index is 12.0. The summed E-state index contributed by atoms with van der Waals surface area (Å²) >= 11 is 1.29. The first-order chi connectivity index (χ1) is 14.5. The van der Waals surface area contributed by atoms with Gasteiger partial charge in [0.05, 0.1) is 5.69 Å². The number of amidine groups is 1. The van der Waals surface area contributed by atoms with Crippen molar-refractivity contribution >= 4 is 45.4 Å². The first-order valence-electron chi connectivity index (χ1n) is 9.90. The number of hydrogen-bond acceptors (Lipinski definition) is 3. The molecule has 0 aliphatic carbocycles. The number of carboxylic acid groups (broad SMARTS) is 1. The van der Waals surface area contributed by atoms with Crippen molar-refractivity contribution in [1.29, 1.82) is 0 Å². The normalized spacial score (nSPS) is 12.5. The minimum absolute atomic E-state index is 0.434. The molecule has 4 nitrogen and oxygen atoms in total. The van der Waals surface area contributed by atoms with Crippen molar-refractivity contribution in [2.75, 3.05) is 13.6 Å². The fourth-order valence-electron chi connectivity index (χ4n) is 3.08. The van der Waals surface area contributed by atoms with Gasteiger partial charge in [0.1, 0.15) is 5.25 Å². The molecule has 3 aromatic carbocycles. The summed E-state index contributed by atoms with van der Waals surface area (Å²) in [6, 6.07) is 21.9. The van der Waals surface area contributed by atoms with Crippen molar-refractivity contribution in [3.05, 3.63) is 84.4 Å². The van der Waals surface area contributed by atoms with Gasteiger partial charge in [0.2, 0.25) is 0 Å². The van der Waals surface area contributed by atoms with Crippen molar-refractivity contribution in [3.8, 4) is 0 Å². The highest BCUT2D eigenvalue weighted by molar-refractivity contribution is 8.14. The molecule has 0 saturated heterocycles. The van der Waals surface area contributed by atoms with E-state index < -0.39 is 11.2 Å². The zero-order valence-electron chi connectivity index (χ0n) is 17.3. The molecule has 30 heavy (non-hydrogen) atoms. The Morgan fingerprint density at radius 2 is 1.77 bits per heavy atom. The van der Waals surface area contributed by atoms with Crippen LogP contribution < -0.4 is 0 Å². The summed E-state index contributed by atoms with van der Waals surface area (Å²) in [6.45, 7) is 6.68. The van der Waals surface area contributed by atoms with Gasteiger partial charge in [-0.1, -0.05) is 79.0 Å². The molecule has 1 unspecified atom stereocenters. The Morgan fingerprint density at radius 1 is 1.13 bits per heavy atom. The van der Waals surface area contributed by atoms with E-state index in [1.54, 1.807) is 6.08 Å². The summed E-state index contributed by atoms with van der Waals surface area (Å²) in [5, 5.41) is 12.1. The Labute approximate surface area is 181 Å². The molecule has 0 aliphatic heterocycles. The first-order valence-corrected chi connectivity index (χ1v) is 10.8. The fourth-order valence-corrected chi connectivity index (χ4v) is 4.17. The number of benzene rings is 3. The molecule has 0 amide bonds. The van der Waals surface area contributed by atoms with Crippen LogP contribution in [0.25, 0.3) is 16.8 Å². The third kappa shape index (κ3) is 5.30. The van der Waals surface area contributed by atoms with Crippen LogP contribution in [0.4, 0.5) is 5.69 Å². The highest BCUT2D eigenvalue weighted by atomic mass is 32.2. The van der Waals surface area contributed by atoms with E-state index in [0.29, 0.717) is 11.6 Å². The van der Waals surface area contributed by atoms with Crippen LogP contribution in [-0.4, -0.2) is 40.0 Å². The molecule has 0 spiro atoms. The second-order valence-electron chi connectivity index (χ2n) is 7.01. The number of nitrogens with zero attached hydrogens (tertiary/aromatic N) is 2. The number of aliphatic carboxylic acids is 1. The number of carboxylic acids is 1. The van der Waals surface area contributed by atoms with Crippen LogP contribution in [0.5, 0.6) is 0 Å². The Hall–Kier alpha value is -3.05. The molecule has 3 aromatic rings. The summed E-state index contributed by atoms with van der Waals surface area (Å²) < 4.78 is 0. The molecule has 0 aromatic heterocycles. The van der Waals surface area contributed by atoms with E-state index in [2.05, 4.69) is 18.7 Å². The second-order valence-corrected chi connectivity index (χ2v) is 8.18. The first kappa shape index (κ1) is 21.7. The van der Waals surface area contributed by atoms with Crippen LogP contribution in [-0.2, 0) is 11.2 Å². The highest BCUT2D eigenvalue weighted by Gasteiger charge is 2.23. The molecule has 0 aliphatic rings. The molecule has 0 saturated carbocycles. The van der Waals surface area contributed by atoms with Gasteiger partial charge >= 0.3 is 5.97 Å². The quantitative estimate of drug-likeness (QED) is 0.386.